The van der Waals surface area contributed by atoms with E-state index in [-0.39, 0.29) is 17.2 Å². The lowest BCUT2D eigenvalue weighted by molar-refractivity contribution is -0.118. The molecule has 0 aliphatic carbocycles. The highest BCUT2D eigenvalue weighted by Crippen LogP contribution is 2.32. The number of thiophene rings is 1. The molecule has 0 radical (unpaired) electrons. The van der Waals surface area contributed by atoms with Crippen molar-refractivity contribution in [3.05, 3.63) is 45.1 Å². The Labute approximate surface area is 160 Å². The zero-order chi connectivity index (χ0) is 18.8. The number of aryl methyl sites for hydroxylation is 2. The van der Waals surface area contributed by atoms with E-state index in [0.29, 0.717) is 21.9 Å². The van der Waals surface area contributed by atoms with Crippen LogP contribution in [0.2, 0.25) is 0 Å². The van der Waals surface area contributed by atoms with E-state index in [9.17, 15) is 9.59 Å². The number of amides is 1. The van der Waals surface area contributed by atoms with Gasteiger partial charge in [0.2, 0.25) is 5.91 Å². The SMILES string of the molecule is CCNC(=O)CSc1nc2scc(-c3ccc(C)c(C)c3)c2c(=O)n1C. The Hall–Kier alpha value is -2.12. The molecule has 3 rings (SSSR count). The first-order chi connectivity index (χ1) is 12.4. The molecule has 0 aliphatic heterocycles. The van der Waals surface area contributed by atoms with Gasteiger partial charge in [-0.25, -0.2) is 4.98 Å². The molecule has 136 valence electrons. The highest BCUT2D eigenvalue weighted by atomic mass is 32.2. The second kappa shape index (κ2) is 7.63. The third-order valence-electron chi connectivity index (χ3n) is 4.30. The van der Waals surface area contributed by atoms with Crippen molar-refractivity contribution in [3.8, 4) is 11.1 Å². The van der Waals surface area contributed by atoms with Gasteiger partial charge in [0.25, 0.3) is 5.56 Å². The van der Waals surface area contributed by atoms with Crippen LogP contribution < -0.4 is 10.9 Å². The van der Waals surface area contributed by atoms with Crippen molar-refractivity contribution in [1.82, 2.24) is 14.9 Å². The lowest BCUT2D eigenvalue weighted by Gasteiger charge is -2.08. The van der Waals surface area contributed by atoms with Crippen LogP contribution in [0, 0.1) is 13.8 Å². The first-order valence-corrected chi connectivity index (χ1v) is 10.2. The third-order valence-corrected chi connectivity index (χ3v) is 6.20. The van der Waals surface area contributed by atoms with E-state index in [1.165, 1.54) is 38.8 Å². The molecule has 1 amide bonds. The molecule has 0 unspecified atom stereocenters. The summed E-state index contributed by atoms with van der Waals surface area (Å²) in [5, 5.41) is 5.94. The fourth-order valence-corrected chi connectivity index (χ4v) is 4.47. The number of aromatic nitrogens is 2. The normalized spacial score (nSPS) is 11.1. The van der Waals surface area contributed by atoms with Crippen molar-refractivity contribution in [2.24, 2.45) is 7.05 Å². The van der Waals surface area contributed by atoms with Crippen molar-refractivity contribution in [2.45, 2.75) is 25.9 Å². The van der Waals surface area contributed by atoms with Crippen molar-refractivity contribution in [1.29, 1.82) is 0 Å². The van der Waals surface area contributed by atoms with Gasteiger partial charge in [-0.2, -0.15) is 0 Å². The number of benzene rings is 1. The van der Waals surface area contributed by atoms with Gasteiger partial charge in [-0.3, -0.25) is 14.2 Å². The minimum absolute atomic E-state index is 0.0613. The molecule has 0 saturated carbocycles. The molecule has 2 aromatic heterocycles. The summed E-state index contributed by atoms with van der Waals surface area (Å²) in [7, 11) is 1.71. The van der Waals surface area contributed by atoms with E-state index >= 15 is 0 Å². The minimum atomic E-state index is -0.0807. The van der Waals surface area contributed by atoms with Crippen molar-refractivity contribution in [3.63, 3.8) is 0 Å². The van der Waals surface area contributed by atoms with E-state index in [2.05, 4.69) is 36.3 Å². The summed E-state index contributed by atoms with van der Waals surface area (Å²) >= 11 is 2.74. The number of carbonyl (C=O) groups is 1. The summed E-state index contributed by atoms with van der Waals surface area (Å²) < 4.78 is 1.53. The molecule has 3 aromatic rings. The van der Waals surface area contributed by atoms with Gasteiger partial charge in [0.05, 0.1) is 11.1 Å². The molecular weight excluding hydrogens is 366 g/mol. The second-order valence-electron chi connectivity index (χ2n) is 6.13. The van der Waals surface area contributed by atoms with Crippen molar-refractivity contribution >= 4 is 39.2 Å². The van der Waals surface area contributed by atoms with Gasteiger partial charge in [-0.1, -0.05) is 30.0 Å². The molecule has 0 atom stereocenters. The maximum Gasteiger partial charge on any atom is 0.263 e. The van der Waals surface area contributed by atoms with Crippen LogP contribution >= 0.6 is 23.1 Å². The predicted molar refractivity (Wildman–Crippen MR) is 109 cm³/mol. The topological polar surface area (TPSA) is 64.0 Å². The molecule has 7 heteroatoms. The molecule has 0 spiro atoms. The van der Waals surface area contributed by atoms with Crippen LogP contribution in [0.1, 0.15) is 18.1 Å². The number of rotatable bonds is 5. The predicted octanol–water partition coefficient (Wildman–Crippen LogP) is 3.51. The second-order valence-corrected chi connectivity index (χ2v) is 7.93. The molecule has 0 aliphatic rings. The van der Waals surface area contributed by atoms with Gasteiger partial charge in [0, 0.05) is 24.5 Å². The minimum Gasteiger partial charge on any atom is -0.356 e. The highest BCUT2D eigenvalue weighted by Gasteiger charge is 2.16. The lowest BCUT2D eigenvalue weighted by Crippen LogP contribution is -2.25. The van der Waals surface area contributed by atoms with Crippen molar-refractivity contribution in [2.75, 3.05) is 12.3 Å². The number of nitrogens with one attached hydrogen (secondary N) is 1. The first-order valence-electron chi connectivity index (χ1n) is 8.37. The average molecular weight is 388 g/mol. The largest absolute Gasteiger partial charge is 0.356 e. The van der Waals surface area contributed by atoms with E-state index in [0.717, 1.165) is 11.1 Å². The molecule has 5 nitrogen and oxygen atoms in total. The molecule has 26 heavy (non-hydrogen) atoms. The fourth-order valence-electron chi connectivity index (χ4n) is 2.68. The quantitative estimate of drug-likeness (QED) is 0.537. The summed E-state index contributed by atoms with van der Waals surface area (Å²) in [4.78, 5) is 29.9. The van der Waals surface area contributed by atoms with Crippen LogP contribution in [0.4, 0.5) is 0 Å². The molecule has 2 heterocycles. The van der Waals surface area contributed by atoms with Gasteiger partial charge in [-0.15, -0.1) is 11.3 Å². The fraction of sp³-hybridized carbons (Fsp3) is 0.316. The van der Waals surface area contributed by atoms with Gasteiger partial charge in [-0.05, 0) is 37.5 Å². The molecule has 0 fully saturated rings. The summed E-state index contributed by atoms with van der Waals surface area (Å²) in [6.07, 6.45) is 0. The highest BCUT2D eigenvalue weighted by molar-refractivity contribution is 7.99. The van der Waals surface area contributed by atoms with Gasteiger partial charge >= 0.3 is 0 Å². The number of carbonyl (C=O) groups excluding carboxylic acids is 1. The van der Waals surface area contributed by atoms with Crippen LogP contribution in [-0.2, 0) is 11.8 Å². The van der Waals surface area contributed by atoms with Gasteiger partial charge in [0.1, 0.15) is 4.83 Å². The number of nitrogens with zero attached hydrogens (tertiary/aromatic N) is 2. The number of hydrogen-bond donors (Lipinski definition) is 1. The summed E-state index contributed by atoms with van der Waals surface area (Å²) in [5.74, 6) is 0.184. The monoisotopic (exact) mass is 387 g/mol. The molecule has 0 bridgehead atoms. The standard InChI is InChI=1S/C19H21N3O2S2/c1-5-20-15(23)10-26-19-21-17-16(18(24)22(19)4)14(9-25-17)13-7-6-11(2)12(3)8-13/h6-9H,5,10H2,1-4H3,(H,20,23). The molecule has 0 saturated heterocycles. The summed E-state index contributed by atoms with van der Waals surface area (Å²) in [6, 6.07) is 6.22. The number of thioether (sulfide) groups is 1. The van der Waals surface area contributed by atoms with Crippen LogP contribution in [0.25, 0.3) is 21.3 Å². The van der Waals surface area contributed by atoms with Crippen molar-refractivity contribution < 1.29 is 4.79 Å². The van der Waals surface area contributed by atoms with E-state index < -0.39 is 0 Å². The van der Waals surface area contributed by atoms with E-state index in [4.69, 9.17) is 0 Å². The number of fused-ring (bicyclic) bond motifs is 1. The first kappa shape index (κ1) is 18.7. The maximum atomic E-state index is 12.9. The van der Waals surface area contributed by atoms with E-state index in [1.54, 1.807) is 7.05 Å². The Kier molecular flexibility index (Phi) is 5.48. The summed E-state index contributed by atoms with van der Waals surface area (Å²) in [6.45, 7) is 6.61. The van der Waals surface area contributed by atoms with Gasteiger partial charge in [0.15, 0.2) is 5.16 Å². The Bertz CT molecular complexity index is 1040. The van der Waals surface area contributed by atoms with E-state index in [1.807, 2.05) is 18.4 Å². The Balaban J connectivity index is 2.03. The Morgan fingerprint density at radius 1 is 1.31 bits per heavy atom. The van der Waals surface area contributed by atoms with Gasteiger partial charge < -0.3 is 5.32 Å². The maximum absolute atomic E-state index is 12.9. The average Bonchev–Trinajstić information content (AvgIpc) is 3.03. The number of hydrogen-bond acceptors (Lipinski definition) is 5. The summed E-state index contributed by atoms with van der Waals surface area (Å²) in [5.41, 5.74) is 4.29. The van der Waals surface area contributed by atoms with Crippen LogP contribution in [0.5, 0.6) is 0 Å². The van der Waals surface area contributed by atoms with Crippen LogP contribution in [0.3, 0.4) is 0 Å². The lowest BCUT2D eigenvalue weighted by atomic mass is 10.0. The van der Waals surface area contributed by atoms with Crippen LogP contribution in [0.15, 0.2) is 33.5 Å². The molecule has 1 N–H and O–H groups in total. The Morgan fingerprint density at radius 3 is 2.77 bits per heavy atom. The smallest absolute Gasteiger partial charge is 0.263 e. The van der Waals surface area contributed by atoms with Crippen LogP contribution in [-0.4, -0.2) is 27.8 Å². The molecular formula is C19H21N3O2S2. The molecule has 1 aromatic carbocycles. The third kappa shape index (κ3) is 3.54. The Morgan fingerprint density at radius 2 is 2.08 bits per heavy atom. The zero-order valence-corrected chi connectivity index (χ0v) is 16.9. The zero-order valence-electron chi connectivity index (χ0n) is 15.3.